The molecule has 2 aliphatic heterocycles. The molecule has 13 heavy (non-hydrogen) atoms. The van der Waals surface area contributed by atoms with Gasteiger partial charge in [0.05, 0.1) is 5.60 Å². The zero-order valence-corrected chi connectivity index (χ0v) is 8.92. The van der Waals surface area contributed by atoms with E-state index in [4.69, 9.17) is 4.74 Å². The molecule has 0 saturated carbocycles. The van der Waals surface area contributed by atoms with Crippen LogP contribution in [0.15, 0.2) is 0 Å². The minimum Gasteiger partial charge on any atom is -0.372 e. The fourth-order valence-electron chi connectivity index (χ4n) is 2.88. The van der Waals surface area contributed by atoms with Crippen LogP contribution < -0.4 is 0 Å². The van der Waals surface area contributed by atoms with Crippen molar-refractivity contribution in [3.8, 4) is 0 Å². The van der Waals surface area contributed by atoms with Gasteiger partial charge in [0.2, 0.25) is 0 Å². The lowest BCUT2D eigenvalue weighted by molar-refractivity contribution is -0.0214. The third-order valence-electron chi connectivity index (χ3n) is 3.25. The Morgan fingerprint density at radius 1 is 1.54 bits per heavy atom. The van der Waals surface area contributed by atoms with Gasteiger partial charge in [0.15, 0.2) is 0 Å². The van der Waals surface area contributed by atoms with E-state index in [1.54, 1.807) is 0 Å². The number of likely N-dealkylation sites (tertiary alicyclic amines) is 1. The minimum absolute atomic E-state index is 0.151. The molecule has 0 aliphatic carbocycles. The molecule has 2 heterocycles. The van der Waals surface area contributed by atoms with Crippen LogP contribution in [0.1, 0.15) is 6.42 Å². The van der Waals surface area contributed by atoms with E-state index < -0.39 is 0 Å². The van der Waals surface area contributed by atoms with Crippen LogP contribution in [0, 0.1) is 5.92 Å². The van der Waals surface area contributed by atoms with Crippen molar-refractivity contribution in [1.82, 2.24) is 9.80 Å². The van der Waals surface area contributed by atoms with Gasteiger partial charge in [-0.05, 0) is 27.6 Å². The van der Waals surface area contributed by atoms with Gasteiger partial charge in [-0.25, -0.2) is 0 Å². The summed E-state index contributed by atoms with van der Waals surface area (Å²) in [6, 6.07) is 0. The Morgan fingerprint density at radius 3 is 3.00 bits per heavy atom. The van der Waals surface area contributed by atoms with E-state index in [0.717, 1.165) is 25.6 Å². The molecule has 3 nitrogen and oxygen atoms in total. The zero-order chi connectivity index (χ0) is 9.47. The molecular formula is C10H20N2O. The number of nitrogens with zero attached hydrogens (tertiary/aromatic N) is 2. The molecule has 2 fully saturated rings. The van der Waals surface area contributed by atoms with Crippen molar-refractivity contribution in [3.05, 3.63) is 0 Å². The van der Waals surface area contributed by atoms with Crippen molar-refractivity contribution in [2.75, 3.05) is 47.4 Å². The Morgan fingerprint density at radius 2 is 2.31 bits per heavy atom. The average molecular weight is 184 g/mol. The molecule has 2 aliphatic rings. The lowest BCUT2D eigenvalue weighted by Gasteiger charge is -2.31. The molecule has 0 radical (unpaired) electrons. The molecule has 0 bridgehead atoms. The molecule has 3 heteroatoms. The summed E-state index contributed by atoms with van der Waals surface area (Å²) in [5, 5.41) is 0. The van der Waals surface area contributed by atoms with Crippen LogP contribution in [0.4, 0.5) is 0 Å². The van der Waals surface area contributed by atoms with Crippen molar-refractivity contribution in [2.24, 2.45) is 5.92 Å². The predicted octanol–water partition coefficient (Wildman–Crippen LogP) is 0.269. The summed E-state index contributed by atoms with van der Waals surface area (Å²) < 4.78 is 5.96. The van der Waals surface area contributed by atoms with Crippen molar-refractivity contribution >= 4 is 0 Å². The highest BCUT2D eigenvalue weighted by atomic mass is 16.5. The molecule has 2 rings (SSSR count). The maximum Gasteiger partial charge on any atom is 0.0975 e. The molecule has 0 aromatic rings. The molecule has 2 atom stereocenters. The maximum atomic E-state index is 5.96. The van der Waals surface area contributed by atoms with Crippen LogP contribution >= 0.6 is 0 Å². The topological polar surface area (TPSA) is 15.7 Å². The number of hydrogen-bond donors (Lipinski definition) is 0. The van der Waals surface area contributed by atoms with Gasteiger partial charge >= 0.3 is 0 Å². The Kier molecular flexibility index (Phi) is 2.34. The first-order valence-electron chi connectivity index (χ1n) is 5.10. The van der Waals surface area contributed by atoms with E-state index in [1.165, 1.54) is 13.0 Å². The van der Waals surface area contributed by atoms with Gasteiger partial charge in [-0.2, -0.15) is 0 Å². The molecule has 0 amide bonds. The van der Waals surface area contributed by atoms with Crippen molar-refractivity contribution < 1.29 is 4.74 Å². The molecule has 0 aromatic heterocycles. The third-order valence-corrected chi connectivity index (χ3v) is 3.25. The van der Waals surface area contributed by atoms with Crippen LogP contribution in [-0.2, 0) is 4.74 Å². The van der Waals surface area contributed by atoms with Gasteiger partial charge in [-0.3, -0.25) is 0 Å². The summed E-state index contributed by atoms with van der Waals surface area (Å²) in [7, 11) is 6.46. The molecular weight excluding hydrogens is 164 g/mol. The summed E-state index contributed by atoms with van der Waals surface area (Å²) >= 11 is 0. The molecule has 76 valence electrons. The fourth-order valence-corrected chi connectivity index (χ4v) is 2.88. The fraction of sp³-hybridized carbons (Fsp3) is 1.00. The summed E-state index contributed by atoms with van der Waals surface area (Å²) in [4.78, 5) is 4.64. The summed E-state index contributed by atoms with van der Waals surface area (Å²) in [6.07, 6.45) is 1.25. The van der Waals surface area contributed by atoms with Crippen LogP contribution in [0.25, 0.3) is 0 Å². The highest BCUT2D eigenvalue weighted by molar-refractivity contribution is 5.02. The summed E-state index contributed by atoms with van der Waals surface area (Å²) in [5.74, 6) is 0.764. The number of rotatable bonds is 2. The van der Waals surface area contributed by atoms with Gasteiger partial charge in [0, 0.05) is 32.2 Å². The van der Waals surface area contributed by atoms with Crippen LogP contribution in [-0.4, -0.2) is 62.8 Å². The smallest absolute Gasteiger partial charge is 0.0975 e. The van der Waals surface area contributed by atoms with E-state index in [-0.39, 0.29) is 5.60 Å². The van der Waals surface area contributed by atoms with Gasteiger partial charge in [0.25, 0.3) is 0 Å². The first kappa shape index (κ1) is 9.44. The van der Waals surface area contributed by atoms with E-state index >= 15 is 0 Å². The third kappa shape index (κ3) is 1.60. The van der Waals surface area contributed by atoms with Crippen molar-refractivity contribution in [2.45, 2.75) is 12.0 Å². The van der Waals surface area contributed by atoms with E-state index in [1.807, 2.05) is 0 Å². The van der Waals surface area contributed by atoms with Gasteiger partial charge < -0.3 is 14.5 Å². The molecule has 0 N–H and O–H groups in total. The number of likely N-dealkylation sites (N-methyl/N-ethyl adjacent to an activating group) is 2. The maximum absolute atomic E-state index is 5.96. The summed E-state index contributed by atoms with van der Waals surface area (Å²) in [5.41, 5.74) is 0.151. The quantitative estimate of drug-likeness (QED) is 0.612. The second-order valence-corrected chi connectivity index (χ2v) is 4.83. The standard InChI is InChI=1S/C10H20N2O/c1-11(2)7-10-8-12(3)6-9(10)4-5-13-10/h9H,4-8H2,1-3H3. The second kappa shape index (κ2) is 3.23. The van der Waals surface area contributed by atoms with Crippen molar-refractivity contribution in [3.63, 3.8) is 0 Å². The highest BCUT2D eigenvalue weighted by Gasteiger charge is 2.49. The SMILES string of the molecule is CN(C)CC12CN(C)CC1CCO2. The largest absolute Gasteiger partial charge is 0.372 e. The molecule has 0 spiro atoms. The lowest BCUT2D eigenvalue weighted by atomic mass is 9.90. The first-order chi connectivity index (χ1) is 6.12. The Labute approximate surface area is 80.6 Å². The zero-order valence-electron chi connectivity index (χ0n) is 8.92. The van der Waals surface area contributed by atoms with Crippen LogP contribution in [0.5, 0.6) is 0 Å². The molecule has 0 aromatic carbocycles. The van der Waals surface area contributed by atoms with E-state index in [2.05, 4.69) is 30.9 Å². The van der Waals surface area contributed by atoms with Crippen LogP contribution in [0.3, 0.4) is 0 Å². The second-order valence-electron chi connectivity index (χ2n) is 4.83. The number of fused-ring (bicyclic) bond motifs is 1. The number of hydrogen-bond acceptors (Lipinski definition) is 3. The van der Waals surface area contributed by atoms with Gasteiger partial charge in [-0.15, -0.1) is 0 Å². The normalized spacial score (nSPS) is 40.2. The van der Waals surface area contributed by atoms with Gasteiger partial charge in [-0.1, -0.05) is 0 Å². The first-order valence-corrected chi connectivity index (χ1v) is 5.10. The Hall–Kier alpha value is -0.120. The monoisotopic (exact) mass is 184 g/mol. The predicted molar refractivity (Wildman–Crippen MR) is 52.8 cm³/mol. The Balaban J connectivity index is 2.09. The average Bonchev–Trinajstić information content (AvgIpc) is 2.40. The molecule has 2 saturated heterocycles. The van der Waals surface area contributed by atoms with Crippen molar-refractivity contribution in [1.29, 1.82) is 0 Å². The number of ether oxygens (including phenoxy) is 1. The van der Waals surface area contributed by atoms with E-state index in [0.29, 0.717) is 0 Å². The summed E-state index contributed by atoms with van der Waals surface area (Å²) in [6.45, 7) is 4.36. The van der Waals surface area contributed by atoms with Gasteiger partial charge in [0.1, 0.15) is 0 Å². The van der Waals surface area contributed by atoms with E-state index in [9.17, 15) is 0 Å². The minimum atomic E-state index is 0.151. The highest BCUT2D eigenvalue weighted by Crippen LogP contribution is 2.38. The lowest BCUT2D eigenvalue weighted by Crippen LogP contribution is -2.45. The Bertz CT molecular complexity index is 195. The molecule has 2 unspecified atom stereocenters. The van der Waals surface area contributed by atoms with Crippen LogP contribution in [0.2, 0.25) is 0 Å².